The van der Waals surface area contributed by atoms with Gasteiger partial charge in [0.15, 0.2) is 0 Å². The molecule has 1 aromatic carbocycles. The Morgan fingerprint density at radius 3 is 2.75 bits per heavy atom. The summed E-state index contributed by atoms with van der Waals surface area (Å²) in [6, 6.07) is 6.02. The van der Waals surface area contributed by atoms with E-state index in [2.05, 4.69) is 16.0 Å². The van der Waals surface area contributed by atoms with Gasteiger partial charge in [-0.2, -0.15) is 0 Å². The number of carbonyl (C=O) groups excluding carboxylic acids is 3. The number of primary amides is 1. The highest BCUT2D eigenvalue weighted by Gasteiger charge is 2.27. The van der Waals surface area contributed by atoms with Crippen LogP contribution < -0.4 is 21.7 Å². The molecule has 4 amide bonds. The van der Waals surface area contributed by atoms with Gasteiger partial charge in [0.25, 0.3) is 5.91 Å². The van der Waals surface area contributed by atoms with Crippen LogP contribution in [0.1, 0.15) is 36.0 Å². The van der Waals surface area contributed by atoms with E-state index in [0.717, 1.165) is 32.2 Å². The Balaban J connectivity index is 0.00000280. The summed E-state index contributed by atoms with van der Waals surface area (Å²) >= 11 is 0. The largest absolute Gasteiger partial charge is 0.354 e. The fraction of sp³-hybridized carbons (Fsp3) is 0.526. The number of rotatable bonds is 5. The number of hydrogen-bond acceptors (Lipinski definition) is 4. The third-order valence-corrected chi connectivity index (χ3v) is 5.13. The first-order chi connectivity index (χ1) is 13.0. The molecule has 154 valence electrons. The van der Waals surface area contributed by atoms with Crippen molar-refractivity contribution in [3.05, 3.63) is 29.8 Å². The number of halogens is 1. The van der Waals surface area contributed by atoms with E-state index in [1.807, 2.05) is 4.90 Å². The summed E-state index contributed by atoms with van der Waals surface area (Å²) in [5.41, 5.74) is 6.14. The fourth-order valence-corrected chi connectivity index (χ4v) is 3.75. The molecule has 2 heterocycles. The molecular weight excluding hydrogens is 382 g/mol. The van der Waals surface area contributed by atoms with Gasteiger partial charge in [-0.3, -0.25) is 9.59 Å². The maximum absolute atomic E-state index is 12.8. The monoisotopic (exact) mass is 409 g/mol. The molecular formula is C19H28ClN5O3. The predicted molar refractivity (Wildman–Crippen MR) is 110 cm³/mol. The lowest BCUT2D eigenvalue weighted by atomic mass is 9.97. The molecule has 2 atom stereocenters. The molecule has 0 bridgehead atoms. The van der Waals surface area contributed by atoms with E-state index in [0.29, 0.717) is 30.9 Å². The SMILES string of the molecule is Cl.NC(=O)Nc1cccc(C(=O)N2CCCC(CNC(=O)C3CCCN3)C2)c1. The zero-order chi connectivity index (χ0) is 19.2. The molecule has 2 aliphatic heterocycles. The van der Waals surface area contributed by atoms with Crippen molar-refractivity contribution >= 4 is 35.9 Å². The van der Waals surface area contributed by atoms with Crippen molar-refractivity contribution in [1.82, 2.24) is 15.5 Å². The van der Waals surface area contributed by atoms with Gasteiger partial charge in [-0.25, -0.2) is 4.79 Å². The molecule has 3 rings (SSSR count). The number of urea groups is 1. The number of nitrogens with zero attached hydrogens (tertiary/aromatic N) is 1. The molecule has 0 spiro atoms. The molecule has 0 aromatic heterocycles. The van der Waals surface area contributed by atoms with Gasteiger partial charge in [-0.15, -0.1) is 12.4 Å². The highest BCUT2D eigenvalue weighted by Crippen LogP contribution is 2.20. The number of hydrogen-bond donors (Lipinski definition) is 4. The van der Waals surface area contributed by atoms with Crippen LogP contribution in [0.5, 0.6) is 0 Å². The second kappa shape index (κ2) is 10.3. The summed E-state index contributed by atoms with van der Waals surface area (Å²) in [6.45, 7) is 2.79. The Morgan fingerprint density at radius 2 is 2.04 bits per heavy atom. The van der Waals surface area contributed by atoms with E-state index in [9.17, 15) is 14.4 Å². The van der Waals surface area contributed by atoms with Gasteiger partial charge in [0.2, 0.25) is 5.91 Å². The van der Waals surface area contributed by atoms with Crippen molar-refractivity contribution < 1.29 is 14.4 Å². The first-order valence-corrected chi connectivity index (χ1v) is 9.50. The lowest BCUT2D eigenvalue weighted by Gasteiger charge is -2.33. The van der Waals surface area contributed by atoms with E-state index in [-0.39, 0.29) is 36.2 Å². The van der Waals surface area contributed by atoms with Gasteiger partial charge in [0, 0.05) is 30.9 Å². The molecule has 8 nitrogen and oxygen atoms in total. The third kappa shape index (κ3) is 5.84. The zero-order valence-corrected chi connectivity index (χ0v) is 16.6. The third-order valence-electron chi connectivity index (χ3n) is 5.13. The molecule has 1 aromatic rings. The summed E-state index contributed by atoms with van der Waals surface area (Å²) in [6.07, 6.45) is 3.82. The van der Waals surface area contributed by atoms with Crippen LogP contribution in [0.3, 0.4) is 0 Å². The smallest absolute Gasteiger partial charge is 0.316 e. The molecule has 9 heteroatoms. The molecule has 2 saturated heterocycles. The van der Waals surface area contributed by atoms with Crippen LogP contribution in [0.15, 0.2) is 24.3 Å². The summed E-state index contributed by atoms with van der Waals surface area (Å²) in [7, 11) is 0. The van der Waals surface area contributed by atoms with Gasteiger partial charge in [0.05, 0.1) is 6.04 Å². The van der Waals surface area contributed by atoms with Gasteiger partial charge in [-0.05, 0) is 56.3 Å². The molecule has 2 unspecified atom stereocenters. The average molecular weight is 410 g/mol. The van der Waals surface area contributed by atoms with E-state index in [1.165, 1.54) is 0 Å². The number of likely N-dealkylation sites (tertiary alicyclic amines) is 1. The van der Waals surface area contributed by atoms with Crippen LogP contribution in [-0.4, -0.2) is 55.0 Å². The zero-order valence-electron chi connectivity index (χ0n) is 15.8. The Hall–Kier alpha value is -2.32. The first-order valence-electron chi connectivity index (χ1n) is 9.50. The second-order valence-corrected chi connectivity index (χ2v) is 7.22. The number of nitrogens with one attached hydrogen (secondary N) is 3. The van der Waals surface area contributed by atoms with Crippen molar-refractivity contribution in [1.29, 1.82) is 0 Å². The Morgan fingerprint density at radius 1 is 1.21 bits per heavy atom. The van der Waals surface area contributed by atoms with Crippen molar-refractivity contribution in [2.75, 3.05) is 31.5 Å². The highest BCUT2D eigenvalue weighted by molar-refractivity contribution is 5.96. The summed E-state index contributed by atoms with van der Waals surface area (Å²) in [5, 5.41) is 8.71. The quantitative estimate of drug-likeness (QED) is 0.586. The Kier molecular flexibility index (Phi) is 8.07. The standard InChI is InChI=1S/C19H27N5O3.ClH/c20-19(27)23-15-6-1-5-14(10-15)18(26)24-9-3-4-13(12-24)11-22-17(25)16-7-2-8-21-16;/h1,5-6,10,13,16,21H,2-4,7-9,11-12H2,(H,22,25)(H3,20,23,27);1H. The Labute approximate surface area is 171 Å². The lowest BCUT2D eigenvalue weighted by molar-refractivity contribution is -0.123. The van der Waals surface area contributed by atoms with Crippen LogP contribution in [0, 0.1) is 5.92 Å². The number of benzene rings is 1. The van der Waals surface area contributed by atoms with E-state index in [1.54, 1.807) is 24.3 Å². The highest BCUT2D eigenvalue weighted by atomic mass is 35.5. The minimum absolute atomic E-state index is 0. The van der Waals surface area contributed by atoms with Crippen molar-refractivity contribution in [2.24, 2.45) is 11.7 Å². The number of nitrogens with two attached hydrogens (primary N) is 1. The normalized spacial score (nSPS) is 21.5. The van der Waals surface area contributed by atoms with Crippen molar-refractivity contribution in [3.63, 3.8) is 0 Å². The maximum atomic E-state index is 12.8. The molecule has 0 radical (unpaired) electrons. The molecule has 28 heavy (non-hydrogen) atoms. The molecule has 5 N–H and O–H groups in total. The van der Waals surface area contributed by atoms with Crippen LogP contribution in [0.2, 0.25) is 0 Å². The molecule has 0 aliphatic carbocycles. The first kappa shape index (κ1) is 22.0. The number of anilines is 1. The van der Waals surface area contributed by atoms with Crippen molar-refractivity contribution in [2.45, 2.75) is 31.7 Å². The van der Waals surface area contributed by atoms with Gasteiger partial charge in [0.1, 0.15) is 0 Å². The van der Waals surface area contributed by atoms with E-state index >= 15 is 0 Å². The lowest BCUT2D eigenvalue weighted by Crippen LogP contribution is -2.46. The van der Waals surface area contributed by atoms with Crippen LogP contribution in [-0.2, 0) is 4.79 Å². The van der Waals surface area contributed by atoms with Crippen LogP contribution >= 0.6 is 12.4 Å². The Bertz CT molecular complexity index is 709. The van der Waals surface area contributed by atoms with Gasteiger partial charge >= 0.3 is 6.03 Å². The number of piperidine rings is 1. The van der Waals surface area contributed by atoms with E-state index in [4.69, 9.17) is 5.73 Å². The van der Waals surface area contributed by atoms with Crippen LogP contribution in [0.4, 0.5) is 10.5 Å². The van der Waals surface area contributed by atoms with Crippen LogP contribution in [0.25, 0.3) is 0 Å². The van der Waals surface area contributed by atoms with Crippen molar-refractivity contribution in [3.8, 4) is 0 Å². The van der Waals surface area contributed by atoms with Gasteiger partial charge in [-0.1, -0.05) is 6.07 Å². The molecule has 0 saturated carbocycles. The second-order valence-electron chi connectivity index (χ2n) is 7.22. The fourth-order valence-electron chi connectivity index (χ4n) is 3.75. The maximum Gasteiger partial charge on any atom is 0.316 e. The molecule has 2 fully saturated rings. The predicted octanol–water partition coefficient (Wildman–Crippen LogP) is 1.32. The summed E-state index contributed by atoms with van der Waals surface area (Å²) < 4.78 is 0. The average Bonchev–Trinajstić information content (AvgIpc) is 3.20. The van der Waals surface area contributed by atoms with Gasteiger partial charge < -0.3 is 26.6 Å². The number of carbonyl (C=O) groups is 3. The topological polar surface area (TPSA) is 117 Å². The summed E-state index contributed by atoms with van der Waals surface area (Å²) in [4.78, 5) is 37.8. The minimum Gasteiger partial charge on any atom is -0.354 e. The number of amides is 4. The summed E-state index contributed by atoms with van der Waals surface area (Å²) in [5.74, 6) is 0.234. The molecule has 2 aliphatic rings. The van der Waals surface area contributed by atoms with E-state index < -0.39 is 6.03 Å². The minimum atomic E-state index is -0.662.